The number of rotatable bonds is 9. The van der Waals surface area contributed by atoms with E-state index in [0.29, 0.717) is 19.0 Å². The molecular weight excluding hydrogens is 238 g/mol. The maximum absolute atomic E-state index is 11.4. The Morgan fingerprint density at radius 3 is 2.33 bits per heavy atom. The first-order valence-electron chi connectivity index (χ1n) is 5.86. The summed E-state index contributed by atoms with van der Waals surface area (Å²) in [6, 6.07) is -0.900. The lowest BCUT2D eigenvalue weighted by molar-refractivity contribution is -0.143. The predicted octanol–water partition coefficient (Wildman–Crippen LogP) is -0.791. The fourth-order valence-electron chi connectivity index (χ4n) is 1.31. The Bertz CT molecular complexity index is 305. The van der Waals surface area contributed by atoms with E-state index in [1.807, 2.05) is 13.8 Å². The van der Waals surface area contributed by atoms with Gasteiger partial charge in [-0.15, -0.1) is 0 Å². The van der Waals surface area contributed by atoms with Crippen LogP contribution in [0.5, 0.6) is 0 Å². The van der Waals surface area contributed by atoms with Gasteiger partial charge in [0.05, 0.1) is 6.42 Å². The topological polar surface area (TPSA) is 122 Å². The highest BCUT2D eigenvalue weighted by molar-refractivity contribution is 5.88. The molecule has 0 rings (SSSR count). The summed E-state index contributed by atoms with van der Waals surface area (Å²) in [5.41, 5.74) is 4.90. The van der Waals surface area contributed by atoms with Crippen molar-refractivity contribution in [1.82, 2.24) is 10.6 Å². The molecule has 2 amide bonds. The molecular formula is C11H21N3O4. The Balaban J connectivity index is 3.95. The van der Waals surface area contributed by atoms with Gasteiger partial charge >= 0.3 is 5.97 Å². The third-order valence-corrected chi connectivity index (χ3v) is 2.17. The van der Waals surface area contributed by atoms with E-state index in [0.717, 1.165) is 0 Å². The number of carbonyl (C=O) groups excluding carboxylic acids is 2. The van der Waals surface area contributed by atoms with E-state index in [4.69, 9.17) is 10.8 Å². The Hall–Kier alpha value is -1.63. The van der Waals surface area contributed by atoms with Crippen LogP contribution in [-0.4, -0.2) is 41.5 Å². The Labute approximate surface area is 106 Å². The van der Waals surface area contributed by atoms with E-state index in [1.54, 1.807) is 0 Å². The Kier molecular flexibility index (Phi) is 7.69. The third kappa shape index (κ3) is 8.51. The number of carboxylic acid groups (broad SMARTS) is 1. The van der Waals surface area contributed by atoms with E-state index in [9.17, 15) is 14.4 Å². The Morgan fingerprint density at radius 1 is 1.28 bits per heavy atom. The third-order valence-electron chi connectivity index (χ3n) is 2.17. The molecule has 0 bridgehead atoms. The van der Waals surface area contributed by atoms with Crippen LogP contribution in [0.25, 0.3) is 0 Å². The largest absolute Gasteiger partial charge is 0.480 e. The average Bonchev–Trinajstić information content (AvgIpc) is 2.22. The molecule has 5 N–H and O–H groups in total. The predicted molar refractivity (Wildman–Crippen MR) is 65.8 cm³/mol. The van der Waals surface area contributed by atoms with Crippen LogP contribution in [0.3, 0.4) is 0 Å². The van der Waals surface area contributed by atoms with E-state index >= 15 is 0 Å². The van der Waals surface area contributed by atoms with Crippen molar-refractivity contribution in [2.45, 2.75) is 45.2 Å². The van der Waals surface area contributed by atoms with Crippen molar-refractivity contribution in [2.24, 2.45) is 5.73 Å². The number of aliphatic carboxylic acids is 1. The van der Waals surface area contributed by atoms with Gasteiger partial charge in [-0.25, -0.2) is 4.79 Å². The minimum atomic E-state index is -1.26. The summed E-state index contributed by atoms with van der Waals surface area (Å²) in [5, 5.41) is 14.2. The monoisotopic (exact) mass is 259 g/mol. The molecule has 0 aromatic rings. The summed E-state index contributed by atoms with van der Waals surface area (Å²) in [5.74, 6) is -2.42. The molecule has 0 saturated carbocycles. The normalized spacial score (nSPS) is 12.2. The molecule has 1 atom stereocenters. The molecule has 104 valence electrons. The number of hydrogen-bond donors (Lipinski definition) is 4. The van der Waals surface area contributed by atoms with E-state index in [2.05, 4.69) is 10.6 Å². The first-order chi connectivity index (χ1) is 8.32. The highest BCUT2D eigenvalue weighted by Gasteiger charge is 2.21. The number of hydrogen-bond acceptors (Lipinski definition) is 4. The molecule has 0 aromatic carbocycles. The summed E-state index contributed by atoms with van der Waals surface area (Å²) in [6.45, 7) is 4.67. The van der Waals surface area contributed by atoms with Crippen molar-refractivity contribution in [3.05, 3.63) is 0 Å². The number of carboxylic acids is 1. The second kappa shape index (κ2) is 8.46. The van der Waals surface area contributed by atoms with E-state index < -0.39 is 30.2 Å². The molecule has 0 spiro atoms. The second-order valence-corrected chi connectivity index (χ2v) is 4.34. The first-order valence-corrected chi connectivity index (χ1v) is 5.86. The highest BCUT2D eigenvalue weighted by Crippen LogP contribution is 1.95. The van der Waals surface area contributed by atoms with Gasteiger partial charge in [-0.05, 0) is 13.0 Å². The zero-order chi connectivity index (χ0) is 14.1. The maximum atomic E-state index is 11.4. The lowest BCUT2D eigenvalue weighted by Crippen LogP contribution is -2.43. The SMILES string of the molecule is CC(C)NCCCC(=O)N[C@H](CC(N)=O)C(=O)O. The van der Waals surface area contributed by atoms with Crippen LogP contribution in [0.4, 0.5) is 0 Å². The van der Waals surface area contributed by atoms with Gasteiger partial charge in [0.25, 0.3) is 0 Å². The molecule has 0 saturated heterocycles. The molecule has 0 fully saturated rings. The zero-order valence-corrected chi connectivity index (χ0v) is 10.7. The number of carbonyl (C=O) groups is 3. The van der Waals surface area contributed by atoms with Gasteiger partial charge in [0.1, 0.15) is 6.04 Å². The summed E-state index contributed by atoms with van der Waals surface area (Å²) >= 11 is 0. The standard InChI is InChI=1S/C11H21N3O4/c1-7(2)13-5-3-4-10(16)14-8(11(17)18)6-9(12)15/h7-8,13H,3-6H2,1-2H3,(H2,12,15)(H,14,16)(H,17,18)/t8-/m1/s1. The molecule has 0 unspecified atom stereocenters. The van der Waals surface area contributed by atoms with Crippen molar-refractivity contribution in [3.63, 3.8) is 0 Å². The van der Waals surface area contributed by atoms with Gasteiger partial charge in [0.15, 0.2) is 0 Å². The van der Waals surface area contributed by atoms with Crippen LogP contribution >= 0.6 is 0 Å². The molecule has 0 aliphatic rings. The Morgan fingerprint density at radius 2 is 1.89 bits per heavy atom. The van der Waals surface area contributed by atoms with Crippen LogP contribution in [0, 0.1) is 0 Å². The smallest absolute Gasteiger partial charge is 0.326 e. The van der Waals surface area contributed by atoms with Gasteiger partial charge < -0.3 is 21.5 Å². The fraction of sp³-hybridized carbons (Fsp3) is 0.727. The summed E-state index contributed by atoms with van der Waals surface area (Å²) in [4.78, 5) is 32.8. The lowest BCUT2D eigenvalue weighted by atomic mass is 10.2. The van der Waals surface area contributed by atoms with Crippen LogP contribution in [0.15, 0.2) is 0 Å². The minimum absolute atomic E-state index is 0.211. The van der Waals surface area contributed by atoms with E-state index in [-0.39, 0.29) is 6.42 Å². The zero-order valence-electron chi connectivity index (χ0n) is 10.7. The number of primary amides is 1. The van der Waals surface area contributed by atoms with Crippen LogP contribution < -0.4 is 16.4 Å². The quantitative estimate of drug-likeness (QED) is 0.404. The molecule has 0 radical (unpaired) electrons. The van der Waals surface area contributed by atoms with Crippen LogP contribution in [-0.2, 0) is 14.4 Å². The minimum Gasteiger partial charge on any atom is -0.480 e. The fourth-order valence-corrected chi connectivity index (χ4v) is 1.31. The van der Waals surface area contributed by atoms with Crippen molar-refractivity contribution in [3.8, 4) is 0 Å². The molecule has 0 aromatic heterocycles. The second-order valence-electron chi connectivity index (χ2n) is 4.34. The maximum Gasteiger partial charge on any atom is 0.326 e. The van der Waals surface area contributed by atoms with Crippen molar-refractivity contribution < 1.29 is 19.5 Å². The number of amides is 2. The highest BCUT2D eigenvalue weighted by atomic mass is 16.4. The summed E-state index contributed by atoms with van der Waals surface area (Å²) in [7, 11) is 0. The summed E-state index contributed by atoms with van der Waals surface area (Å²) < 4.78 is 0. The molecule has 7 nitrogen and oxygen atoms in total. The summed E-state index contributed by atoms with van der Waals surface area (Å²) in [6.07, 6.45) is 0.417. The van der Waals surface area contributed by atoms with Crippen LogP contribution in [0.2, 0.25) is 0 Å². The van der Waals surface area contributed by atoms with E-state index in [1.165, 1.54) is 0 Å². The first kappa shape index (κ1) is 16.4. The van der Waals surface area contributed by atoms with Gasteiger partial charge in [-0.2, -0.15) is 0 Å². The van der Waals surface area contributed by atoms with Gasteiger partial charge in [0, 0.05) is 12.5 Å². The van der Waals surface area contributed by atoms with Gasteiger partial charge in [0.2, 0.25) is 11.8 Å². The average molecular weight is 259 g/mol. The van der Waals surface area contributed by atoms with Crippen molar-refractivity contribution in [1.29, 1.82) is 0 Å². The molecule has 7 heteroatoms. The van der Waals surface area contributed by atoms with Crippen LogP contribution in [0.1, 0.15) is 33.1 Å². The molecule has 0 aliphatic heterocycles. The van der Waals surface area contributed by atoms with Crippen molar-refractivity contribution >= 4 is 17.8 Å². The van der Waals surface area contributed by atoms with Crippen molar-refractivity contribution in [2.75, 3.05) is 6.54 Å². The number of nitrogens with two attached hydrogens (primary N) is 1. The number of nitrogens with one attached hydrogen (secondary N) is 2. The molecule has 18 heavy (non-hydrogen) atoms. The molecule has 0 aliphatic carbocycles. The molecule has 0 heterocycles. The van der Waals surface area contributed by atoms with Gasteiger partial charge in [-0.1, -0.05) is 13.8 Å². The lowest BCUT2D eigenvalue weighted by Gasteiger charge is -2.13. The van der Waals surface area contributed by atoms with Gasteiger partial charge in [-0.3, -0.25) is 9.59 Å².